The lowest BCUT2D eigenvalue weighted by atomic mass is 10.0. The summed E-state index contributed by atoms with van der Waals surface area (Å²) in [6.07, 6.45) is -0.218. The number of nitrogens with one attached hydrogen (secondary N) is 1. The summed E-state index contributed by atoms with van der Waals surface area (Å²) in [5, 5.41) is 0. The van der Waals surface area contributed by atoms with Crippen LogP contribution in [-0.2, 0) is 20.4 Å². The Labute approximate surface area is 72.2 Å². The van der Waals surface area contributed by atoms with Gasteiger partial charge in [-0.05, 0) is 6.92 Å². The van der Waals surface area contributed by atoms with Crippen LogP contribution in [0, 0.1) is 5.92 Å². The maximum atomic E-state index is 11.0. The molecule has 1 aliphatic heterocycles. The van der Waals surface area contributed by atoms with Gasteiger partial charge in [-0.25, -0.2) is 13.1 Å². The standard InChI is InChI=1S/C6H11NO4S/c1-3-4(2)11-6(8)5(3)7-12(9)10/h3-5,12H,1-2H3,(H,7,9,10)/t3-,4-,5-/m0/s1. The van der Waals surface area contributed by atoms with E-state index >= 15 is 0 Å². The Bertz CT molecular complexity index is 254. The first-order valence-corrected chi connectivity index (χ1v) is 4.81. The highest BCUT2D eigenvalue weighted by molar-refractivity contribution is 7.70. The fraction of sp³-hybridized carbons (Fsp3) is 0.833. The Balaban J connectivity index is 2.69. The topological polar surface area (TPSA) is 72.5 Å². The van der Waals surface area contributed by atoms with E-state index in [4.69, 9.17) is 4.74 Å². The van der Waals surface area contributed by atoms with Gasteiger partial charge in [0, 0.05) is 5.92 Å². The monoisotopic (exact) mass is 193 g/mol. The zero-order valence-corrected chi connectivity index (χ0v) is 7.71. The molecule has 0 amide bonds. The number of carbonyl (C=O) groups excluding carboxylic acids is 1. The van der Waals surface area contributed by atoms with Crippen LogP contribution in [0.3, 0.4) is 0 Å². The van der Waals surface area contributed by atoms with Crippen molar-refractivity contribution in [1.82, 2.24) is 4.72 Å². The third-order valence-corrected chi connectivity index (χ3v) is 2.56. The molecule has 0 saturated carbocycles. The van der Waals surface area contributed by atoms with Crippen molar-refractivity contribution in [3.8, 4) is 0 Å². The minimum atomic E-state index is -2.73. The summed E-state index contributed by atoms with van der Waals surface area (Å²) in [7, 11) is -2.73. The van der Waals surface area contributed by atoms with Crippen LogP contribution in [0.15, 0.2) is 0 Å². The van der Waals surface area contributed by atoms with Gasteiger partial charge in [-0.1, -0.05) is 6.92 Å². The van der Waals surface area contributed by atoms with Crippen molar-refractivity contribution < 1.29 is 17.9 Å². The van der Waals surface area contributed by atoms with Gasteiger partial charge in [0.1, 0.15) is 12.1 Å². The Kier molecular flexibility index (Phi) is 2.69. The predicted molar refractivity (Wildman–Crippen MR) is 42.0 cm³/mol. The van der Waals surface area contributed by atoms with E-state index in [9.17, 15) is 13.2 Å². The van der Waals surface area contributed by atoms with E-state index in [0.29, 0.717) is 0 Å². The number of cyclic esters (lactones) is 1. The third-order valence-electron chi connectivity index (χ3n) is 2.07. The van der Waals surface area contributed by atoms with Gasteiger partial charge < -0.3 is 4.74 Å². The average molecular weight is 193 g/mol. The first-order chi connectivity index (χ1) is 5.52. The van der Waals surface area contributed by atoms with Crippen molar-refractivity contribution in [2.45, 2.75) is 26.0 Å². The van der Waals surface area contributed by atoms with E-state index in [2.05, 4.69) is 4.72 Å². The second-order valence-electron chi connectivity index (χ2n) is 2.87. The van der Waals surface area contributed by atoms with Gasteiger partial charge >= 0.3 is 5.97 Å². The lowest BCUT2D eigenvalue weighted by Gasteiger charge is -2.09. The summed E-state index contributed by atoms with van der Waals surface area (Å²) in [5.74, 6) is -0.598. The molecular formula is C6H11NO4S. The molecule has 0 spiro atoms. The summed E-state index contributed by atoms with van der Waals surface area (Å²) >= 11 is 0. The van der Waals surface area contributed by atoms with E-state index in [1.165, 1.54) is 0 Å². The molecule has 1 rings (SSSR count). The zero-order valence-electron chi connectivity index (χ0n) is 6.81. The lowest BCUT2D eigenvalue weighted by molar-refractivity contribution is -0.142. The molecular weight excluding hydrogens is 182 g/mol. The van der Waals surface area contributed by atoms with Gasteiger partial charge in [-0.3, -0.25) is 4.79 Å². The lowest BCUT2D eigenvalue weighted by Crippen LogP contribution is -2.36. The fourth-order valence-corrected chi connectivity index (χ4v) is 1.70. The molecule has 0 aromatic rings. The fourth-order valence-electron chi connectivity index (χ4n) is 1.13. The molecule has 0 aromatic carbocycles. The smallest absolute Gasteiger partial charge is 0.324 e. The predicted octanol–water partition coefficient (Wildman–Crippen LogP) is -0.948. The highest BCUT2D eigenvalue weighted by Gasteiger charge is 2.39. The number of thiol groups is 1. The van der Waals surface area contributed by atoms with Crippen molar-refractivity contribution in [1.29, 1.82) is 0 Å². The van der Waals surface area contributed by atoms with E-state index in [1.807, 2.05) is 0 Å². The van der Waals surface area contributed by atoms with Crippen molar-refractivity contribution in [2.24, 2.45) is 5.92 Å². The summed E-state index contributed by atoms with van der Waals surface area (Å²) in [5.41, 5.74) is 0. The molecule has 6 heteroatoms. The molecule has 0 unspecified atom stereocenters. The van der Waals surface area contributed by atoms with Crippen LogP contribution in [0.25, 0.3) is 0 Å². The Morgan fingerprint density at radius 3 is 2.33 bits per heavy atom. The third kappa shape index (κ3) is 1.75. The molecule has 1 fully saturated rings. The van der Waals surface area contributed by atoms with Gasteiger partial charge in [0.05, 0.1) is 0 Å². The van der Waals surface area contributed by atoms with Crippen molar-refractivity contribution in [3.63, 3.8) is 0 Å². The molecule has 0 radical (unpaired) electrons. The van der Waals surface area contributed by atoms with Crippen molar-refractivity contribution in [3.05, 3.63) is 0 Å². The van der Waals surface area contributed by atoms with Crippen LogP contribution in [0.1, 0.15) is 13.8 Å². The maximum Gasteiger partial charge on any atom is 0.324 e. The first kappa shape index (κ1) is 9.47. The van der Waals surface area contributed by atoms with E-state index in [1.54, 1.807) is 13.8 Å². The number of rotatable bonds is 2. The second-order valence-corrected chi connectivity index (χ2v) is 3.64. The van der Waals surface area contributed by atoms with Crippen LogP contribution >= 0.6 is 0 Å². The molecule has 1 heterocycles. The molecule has 3 atom stereocenters. The van der Waals surface area contributed by atoms with Gasteiger partial charge in [0.2, 0.25) is 10.9 Å². The molecule has 70 valence electrons. The highest BCUT2D eigenvalue weighted by Crippen LogP contribution is 2.21. The maximum absolute atomic E-state index is 11.0. The van der Waals surface area contributed by atoms with Gasteiger partial charge in [0.25, 0.3) is 0 Å². The van der Waals surface area contributed by atoms with Crippen LogP contribution in [0.4, 0.5) is 0 Å². The Morgan fingerprint density at radius 2 is 2.00 bits per heavy atom. The van der Waals surface area contributed by atoms with Crippen LogP contribution in [0.2, 0.25) is 0 Å². The van der Waals surface area contributed by atoms with Crippen LogP contribution < -0.4 is 4.72 Å². The number of hydrogen-bond donors (Lipinski definition) is 2. The number of ether oxygens (including phenoxy) is 1. The quantitative estimate of drug-likeness (QED) is 0.438. The molecule has 1 aliphatic rings. The van der Waals surface area contributed by atoms with Gasteiger partial charge in [-0.2, -0.15) is 0 Å². The van der Waals surface area contributed by atoms with E-state index in [-0.39, 0.29) is 12.0 Å². The van der Waals surface area contributed by atoms with Gasteiger partial charge in [0.15, 0.2) is 0 Å². The van der Waals surface area contributed by atoms with Crippen molar-refractivity contribution >= 4 is 16.9 Å². The number of carbonyl (C=O) groups is 1. The minimum Gasteiger partial charge on any atom is -0.461 e. The summed E-state index contributed by atoms with van der Waals surface area (Å²) in [6, 6.07) is -0.707. The largest absolute Gasteiger partial charge is 0.461 e. The molecule has 1 saturated heterocycles. The second kappa shape index (κ2) is 3.40. The Hall–Kier alpha value is -0.620. The molecule has 5 nitrogen and oxygen atoms in total. The number of esters is 1. The van der Waals surface area contributed by atoms with Crippen molar-refractivity contribution in [2.75, 3.05) is 0 Å². The number of hydrogen-bond acceptors (Lipinski definition) is 4. The highest BCUT2D eigenvalue weighted by atomic mass is 32.2. The Morgan fingerprint density at radius 1 is 1.42 bits per heavy atom. The molecule has 12 heavy (non-hydrogen) atoms. The summed E-state index contributed by atoms with van der Waals surface area (Å²) in [6.45, 7) is 3.51. The zero-order chi connectivity index (χ0) is 9.30. The van der Waals surface area contributed by atoms with E-state index < -0.39 is 22.9 Å². The molecule has 0 aromatic heterocycles. The molecule has 0 aliphatic carbocycles. The minimum absolute atomic E-state index is 0.106. The van der Waals surface area contributed by atoms with Gasteiger partial charge in [-0.15, -0.1) is 0 Å². The van der Waals surface area contributed by atoms with E-state index in [0.717, 1.165) is 0 Å². The summed E-state index contributed by atoms with van der Waals surface area (Å²) < 4.78 is 27.5. The SMILES string of the molecule is C[C@H]1[C@H](C)OC(=O)[C@H]1N[SH](=O)=O. The molecule has 0 bridgehead atoms. The first-order valence-electron chi connectivity index (χ1n) is 3.63. The molecule has 1 N–H and O–H groups in total. The van der Waals surface area contributed by atoms with Crippen LogP contribution in [-0.4, -0.2) is 26.5 Å². The summed E-state index contributed by atoms with van der Waals surface area (Å²) in [4.78, 5) is 11.0. The normalized spacial score (nSPS) is 35.6. The average Bonchev–Trinajstić information content (AvgIpc) is 2.16. The van der Waals surface area contributed by atoms with Crippen LogP contribution in [0.5, 0.6) is 0 Å².